The van der Waals surface area contributed by atoms with E-state index in [1.807, 2.05) is 0 Å². The number of carbonyl (C=O) groups is 2. The standard InChI is InChI=1S/C7H12N2O4.ClH/c1-13-7(12)9-3-2-8-5(4-9)6(10)11;/h5,8H,2-4H2,1H3,(H,10,11);1H. The molecular weight excluding hydrogens is 212 g/mol. The number of amides is 1. The van der Waals surface area contributed by atoms with Gasteiger partial charge in [0.1, 0.15) is 6.04 Å². The van der Waals surface area contributed by atoms with Crippen LogP contribution < -0.4 is 5.32 Å². The van der Waals surface area contributed by atoms with E-state index >= 15 is 0 Å². The first kappa shape index (κ1) is 13.0. The summed E-state index contributed by atoms with van der Waals surface area (Å²) in [4.78, 5) is 23.0. The summed E-state index contributed by atoms with van der Waals surface area (Å²) >= 11 is 0. The van der Waals surface area contributed by atoms with Crippen molar-refractivity contribution in [1.29, 1.82) is 0 Å². The predicted molar refractivity (Wildman–Crippen MR) is 50.7 cm³/mol. The Bertz CT molecular complexity index is 224. The second-order valence-corrected chi connectivity index (χ2v) is 2.76. The third-order valence-corrected chi connectivity index (χ3v) is 1.91. The van der Waals surface area contributed by atoms with Gasteiger partial charge in [0.25, 0.3) is 0 Å². The lowest BCUT2D eigenvalue weighted by Gasteiger charge is -2.30. The highest BCUT2D eigenvalue weighted by atomic mass is 35.5. The van der Waals surface area contributed by atoms with Crippen molar-refractivity contribution >= 4 is 24.5 Å². The van der Waals surface area contributed by atoms with Crippen LogP contribution in [0.25, 0.3) is 0 Å². The van der Waals surface area contributed by atoms with E-state index in [2.05, 4.69) is 10.1 Å². The maximum absolute atomic E-state index is 11.0. The summed E-state index contributed by atoms with van der Waals surface area (Å²) in [7, 11) is 1.28. The van der Waals surface area contributed by atoms with Crippen LogP contribution in [0.15, 0.2) is 0 Å². The SMILES string of the molecule is COC(=O)N1CCNC(C(=O)O)C1.Cl. The Hall–Kier alpha value is -1.01. The molecule has 0 radical (unpaired) electrons. The van der Waals surface area contributed by atoms with E-state index < -0.39 is 18.1 Å². The van der Waals surface area contributed by atoms with Crippen molar-refractivity contribution in [3.05, 3.63) is 0 Å². The number of halogens is 1. The Kier molecular flexibility index (Phi) is 5.26. The van der Waals surface area contributed by atoms with E-state index in [1.54, 1.807) is 0 Å². The van der Waals surface area contributed by atoms with Gasteiger partial charge in [-0.05, 0) is 0 Å². The number of methoxy groups -OCH3 is 1. The minimum absolute atomic E-state index is 0. The normalized spacial score (nSPS) is 20.9. The van der Waals surface area contributed by atoms with Gasteiger partial charge in [-0.1, -0.05) is 0 Å². The number of nitrogens with zero attached hydrogens (tertiary/aromatic N) is 1. The molecule has 0 bridgehead atoms. The molecule has 1 heterocycles. The molecule has 1 saturated heterocycles. The number of hydrogen-bond acceptors (Lipinski definition) is 4. The van der Waals surface area contributed by atoms with Gasteiger partial charge in [-0.25, -0.2) is 4.79 Å². The number of carboxylic acids is 1. The van der Waals surface area contributed by atoms with Crippen LogP contribution in [-0.4, -0.2) is 54.9 Å². The van der Waals surface area contributed by atoms with Gasteiger partial charge in [-0.2, -0.15) is 0 Å². The Morgan fingerprint density at radius 1 is 1.57 bits per heavy atom. The van der Waals surface area contributed by atoms with Crippen LogP contribution in [0.5, 0.6) is 0 Å². The highest BCUT2D eigenvalue weighted by Crippen LogP contribution is 2.01. The van der Waals surface area contributed by atoms with Crippen LogP contribution in [0, 0.1) is 0 Å². The molecule has 2 N–H and O–H groups in total. The number of hydrogen-bond donors (Lipinski definition) is 2. The van der Waals surface area contributed by atoms with E-state index in [4.69, 9.17) is 5.11 Å². The highest BCUT2D eigenvalue weighted by Gasteiger charge is 2.27. The molecule has 82 valence electrons. The lowest BCUT2D eigenvalue weighted by Crippen LogP contribution is -2.55. The minimum Gasteiger partial charge on any atom is -0.480 e. The zero-order valence-electron chi connectivity index (χ0n) is 7.73. The molecule has 1 aliphatic heterocycles. The predicted octanol–water partition coefficient (Wildman–Crippen LogP) is -0.467. The molecule has 0 aliphatic carbocycles. The van der Waals surface area contributed by atoms with Crippen LogP contribution in [0.2, 0.25) is 0 Å². The van der Waals surface area contributed by atoms with Crippen molar-refractivity contribution < 1.29 is 19.4 Å². The molecule has 0 saturated carbocycles. The van der Waals surface area contributed by atoms with Gasteiger partial charge < -0.3 is 20.1 Å². The second kappa shape index (κ2) is 5.66. The third kappa shape index (κ3) is 3.04. The number of ether oxygens (including phenoxy) is 1. The highest BCUT2D eigenvalue weighted by molar-refractivity contribution is 5.85. The van der Waals surface area contributed by atoms with Crippen molar-refractivity contribution in [3.63, 3.8) is 0 Å². The smallest absolute Gasteiger partial charge is 0.409 e. The quantitative estimate of drug-likeness (QED) is 0.630. The molecule has 1 atom stereocenters. The number of carboxylic acid groups (broad SMARTS) is 1. The number of piperazine rings is 1. The molecular formula is C7H13ClN2O4. The fraction of sp³-hybridized carbons (Fsp3) is 0.714. The minimum atomic E-state index is -0.950. The van der Waals surface area contributed by atoms with Crippen molar-refractivity contribution in [3.8, 4) is 0 Å². The summed E-state index contributed by atoms with van der Waals surface area (Å²) in [6, 6.07) is -0.687. The van der Waals surface area contributed by atoms with Crippen LogP contribution in [0.1, 0.15) is 0 Å². The second-order valence-electron chi connectivity index (χ2n) is 2.76. The third-order valence-electron chi connectivity index (χ3n) is 1.91. The van der Waals surface area contributed by atoms with Gasteiger partial charge in [0.05, 0.1) is 13.7 Å². The molecule has 0 spiro atoms. The molecule has 1 amide bonds. The monoisotopic (exact) mass is 224 g/mol. The lowest BCUT2D eigenvalue weighted by molar-refractivity contribution is -0.140. The van der Waals surface area contributed by atoms with Gasteiger partial charge in [0, 0.05) is 13.1 Å². The first-order chi connectivity index (χ1) is 6.15. The van der Waals surface area contributed by atoms with E-state index in [0.29, 0.717) is 13.1 Å². The molecule has 0 aromatic heterocycles. The largest absolute Gasteiger partial charge is 0.480 e. The van der Waals surface area contributed by atoms with Crippen LogP contribution in [0.3, 0.4) is 0 Å². The van der Waals surface area contributed by atoms with Gasteiger partial charge in [-0.15, -0.1) is 12.4 Å². The summed E-state index contributed by atoms with van der Waals surface area (Å²) < 4.78 is 4.48. The van der Waals surface area contributed by atoms with E-state index in [1.165, 1.54) is 12.0 Å². The van der Waals surface area contributed by atoms with Gasteiger partial charge >= 0.3 is 12.1 Å². The van der Waals surface area contributed by atoms with Crippen molar-refractivity contribution in [1.82, 2.24) is 10.2 Å². The van der Waals surface area contributed by atoms with Crippen LogP contribution >= 0.6 is 12.4 Å². The van der Waals surface area contributed by atoms with Crippen molar-refractivity contribution in [2.24, 2.45) is 0 Å². The fourth-order valence-corrected chi connectivity index (χ4v) is 1.21. The zero-order valence-corrected chi connectivity index (χ0v) is 8.54. The van der Waals surface area contributed by atoms with Gasteiger partial charge in [0.2, 0.25) is 0 Å². The Labute approximate surface area is 87.6 Å². The van der Waals surface area contributed by atoms with Crippen molar-refractivity contribution in [2.45, 2.75) is 6.04 Å². The zero-order chi connectivity index (χ0) is 9.84. The van der Waals surface area contributed by atoms with Gasteiger partial charge in [0.15, 0.2) is 0 Å². The maximum Gasteiger partial charge on any atom is 0.409 e. The molecule has 1 rings (SSSR count). The summed E-state index contributed by atoms with van der Waals surface area (Å²) in [5.74, 6) is -0.950. The molecule has 1 aliphatic rings. The number of rotatable bonds is 1. The summed E-state index contributed by atoms with van der Waals surface area (Å²) in [5.41, 5.74) is 0. The average molecular weight is 225 g/mol. The van der Waals surface area contributed by atoms with Crippen LogP contribution in [-0.2, 0) is 9.53 Å². The molecule has 1 fully saturated rings. The molecule has 0 aromatic rings. The molecule has 6 nitrogen and oxygen atoms in total. The summed E-state index contributed by atoms with van der Waals surface area (Å²) in [6.45, 7) is 1.12. The Morgan fingerprint density at radius 2 is 2.21 bits per heavy atom. The van der Waals surface area contributed by atoms with Crippen molar-refractivity contribution in [2.75, 3.05) is 26.7 Å². The van der Waals surface area contributed by atoms with E-state index in [9.17, 15) is 9.59 Å². The molecule has 14 heavy (non-hydrogen) atoms. The molecule has 0 aromatic carbocycles. The summed E-state index contributed by atoms with van der Waals surface area (Å²) in [6.07, 6.45) is -0.479. The fourth-order valence-electron chi connectivity index (χ4n) is 1.21. The summed E-state index contributed by atoms with van der Waals surface area (Å²) in [5, 5.41) is 11.4. The molecule has 7 heteroatoms. The van der Waals surface area contributed by atoms with E-state index in [0.717, 1.165) is 0 Å². The number of carbonyl (C=O) groups excluding carboxylic acids is 1. The maximum atomic E-state index is 11.0. The van der Waals surface area contributed by atoms with Crippen LogP contribution in [0.4, 0.5) is 4.79 Å². The first-order valence-electron chi connectivity index (χ1n) is 3.94. The lowest BCUT2D eigenvalue weighted by atomic mass is 10.2. The topological polar surface area (TPSA) is 78.9 Å². The first-order valence-corrected chi connectivity index (χ1v) is 3.94. The molecule has 1 unspecified atom stereocenters. The Morgan fingerprint density at radius 3 is 2.71 bits per heavy atom. The number of aliphatic carboxylic acids is 1. The Balaban J connectivity index is 0.00000169. The van der Waals surface area contributed by atoms with E-state index in [-0.39, 0.29) is 19.0 Å². The average Bonchev–Trinajstić information content (AvgIpc) is 2.17. The number of nitrogens with one attached hydrogen (secondary N) is 1. The van der Waals surface area contributed by atoms with Gasteiger partial charge in [-0.3, -0.25) is 4.79 Å².